The molecule has 21 heavy (non-hydrogen) atoms. The molecule has 3 rings (SSSR count). The molecule has 0 amide bonds. The van der Waals surface area contributed by atoms with Gasteiger partial charge in [-0.05, 0) is 29.7 Å². The molecule has 0 aliphatic carbocycles. The van der Waals surface area contributed by atoms with E-state index in [1.165, 1.54) is 11.1 Å². The number of benzene rings is 2. The predicted molar refractivity (Wildman–Crippen MR) is 83.8 cm³/mol. The molecular weight excluding hydrogens is 260 g/mol. The minimum absolute atomic E-state index is 0.598. The normalized spacial score (nSPS) is 10.7. The Hall–Kier alpha value is -2.42. The highest BCUT2D eigenvalue weighted by Crippen LogP contribution is 2.23. The van der Waals surface area contributed by atoms with Crippen molar-refractivity contribution < 1.29 is 4.52 Å². The Morgan fingerprint density at radius 3 is 2.24 bits per heavy atom. The Morgan fingerprint density at radius 1 is 0.857 bits per heavy atom. The third-order valence-corrected chi connectivity index (χ3v) is 3.46. The van der Waals surface area contributed by atoms with E-state index in [4.69, 9.17) is 4.52 Å². The van der Waals surface area contributed by atoms with Crippen LogP contribution in [0.4, 0.5) is 0 Å². The van der Waals surface area contributed by atoms with Gasteiger partial charge in [-0.3, -0.25) is 0 Å². The lowest BCUT2D eigenvalue weighted by Crippen LogP contribution is -1.87. The summed E-state index contributed by atoms with van der Waals surface area (Å²) in [6.45, 7) is 2.16. The first-order chi connectivity index (χ1) is 10.4. The van der Waals surface area contributed by atoms with E-state index in [1.807, 2.05) is 30.3 Å². The van der Waals surface area contributed by atoms with E-state index >= 15 is 0 Å². The molecule has 0 atom stereocenters. The summed E-state index contributed by atoms with van der Waals surface area (Å²) >= 11 is 0. The van der Waals surface area contributed by atoms with Gasteiger partial charge in [0.15, 0.2) is 5.82 Å². The third-order valence-electron chi connectivity index (χ3n) is 3.46. The number of hydrogen-bond donors (Lipinski definition) is 0. The van der Waals surface area contributed by atoms with E-state index < -0.39 is 0 Å². The minimum Gasteiger partial charge on any atom is -0.334 e. The van der Waals surface area contributed by atoms with Gasteiger partial charge in [-0.15, -0.1) is 0 Å². The Kier molecular flexibility index (Phi) is 4.10. The van der Waals surface area contributed by atoms with Gasteiger partial charge in [0.1, 0.15) is 0 Å². The van der Waals surface area contributed by atoms with E-state index in [-0.39, 0.29) is 0 Å². The summed E-state index contributed by atoms with van der Waals surface area (Å²) in [4.78, 5) is 4.44. The zero-order chi connectivity index (χ0) is 14.5. The van der Waals surface area contributed by atoms with Gasteiger partial charge in [0.2, 0.25) is 0 Å². The van der Waals surface area contributed by atoms with Crippen LogP contribution in [0, 0.1) is 0 Å². The maximum Gasteiger partial charge on any atom is 0.257 e. The number of hydrogen-bond acceptors (Lipinski definition) is 3. The summed E-state index contributed by atoms with van der Waals surface area (Å²) in [6, 6.07) is 18.5. The number of aryl methyl sites for hydroxylation is 1. The third kappa shape index (κ3) is 3.19. The second-order valence-corrected chi connectivity index (χ2v) is 5.06. The van der Waals surface area contributed by atoms with Gasteiger partial charge >= 0.3 is 0 Å². The summed E-state index contributed by atoms with van der Waals surface area (Å²) in [5.74, 6) is 1.39. The predicted octanol–water partition coefficient (Wildman–Crippen LogP) is 4.75. The van der Waals surface area contributed by atoms with Crippen molar-refractivity contribution in [3.8, 4) is 22.6 Å². The van der Waals surface area contributed by atoms with Crippen LogP contribution in [0.1, 0.15) is 25.6 Å². The van der Waals surface area contributed by atoms with Crippen LogP contribution >= 0.6 is 0 Å². The smallest absolute Gasteiger partial charge is 0.257 e. The number of unbranched alkanes of at least 4 members (excludes halogenated alkanes) is 1. The second-order valence-electron chi connectivity index (χ2n) is 5.06. The first-order valence-electron chi connectivity index (χ1n) is 7.35. The van der Waals surface area contributed by atoms with Gasteiger partial charge in [-0.2, -0.15) is 4.98 Å². The SMILES string of the molecule is CCCCc1noc(-c2ccc(-c3ccccc3)cc2)n1. The van der Waals surface area contributed by atoms with Crippen LogP contribution in [0.2, 0.25) is 0 Å². The monoisotopic (exact) mass is 278 g/mol. The molecule has 0 fully saturated rings. The fraction of sp³-hybridized carbons (Fsp3) is 0.222. The summed E-state index contributed by atoms with van der Waals surface area (Å²) in [5.41, 5.74) is 3.35. The lowest BCUT2D eigenvalue weighted by Gasteiger charge is -2.01. The van der Waals surface area contributed by atoms with Gasteiger partial charge in [0.05, 0.1) is 0 Å². The van der Waals surface area contributed by atoms with E-state index in [0.717, 1.165) is 30.7 Å². The van der Waals surface area contributed by atoms with Crippen molar-refractivity contribution in [1.29, 1.82) is 0 Å². The second kappa shape index (κ2) is 6.35. The molecule has 1 heterocycles. The Labute approximate surface area is 124 Å². The van der Waals surface area contributed by atoms with Crippen LogP contribution in [0.3, 0.4) is 0 Å². The van der Waals surface area contributed by atoms with E-state index in [2.05, 4.69) is 41.3 Å². The average Bonchev–Trinajstić information content (AvgIpc) is 3.03. The van der Waals surface area contributed by atoms with Gasteiger partial charge in [0.25, 0.3) is 5.89 Å². The van der Waals surface area contributed by atoms with Crippen molar-refractivity contribution in [2.45, 2.75) is 26.2 Å². The molecular formula is C18H18N2O. The lowest BCUT2D eigenvalue weighted by molar-refractivity contribution is 0.421. The van der Waals surface area contributed by atoms with E-state index in [0.29, 0.717) is 5.89 Å². The minimum atomic E-state index is 0.598. The largest absolute Gasteiger partial charge is 0.334 e. The molecule has 0 bridgehead atoms. The molecule has 0 saturated carbocycles. The molecule has 3 nitrogen and oxygen atoms in total. The molecule has 1 aromatic heterocycles. The maximum atomic E-state index is 5.33. The lowest BCUT2D eigenvalue weighted by atomic mass is 10.0. The van der Waals surface area contributed by atoms with Crippen LogP contribution in [-0.2, 0) is 6.42 Å². The maximum absolute atomic E-state index is 5.33. The highest BCUT2D eigenvalue weighted by Gasteiger charge is 2.08. The molecule has 106 valence electrons. The number of nitrogens with zero attached hydrogens (tertiary/aromatic N) is 2. The van der Waals surface area contributed by atoms with Crippen LogP contribution in [-0.4, -0.2) is 10.1 Å². The number of rotatable bonds is 5. The van der Waals surface area contributed by atoms with Crippen LogP contribution in [0.5, 0.6) is 0 Å². The fourth-order valence-corrected chi connectivity index (χ4v) is 2.24. The quantitative estimate of drug-likeness (QED) is 0.676. The van der Waals surface area contributed by atoms with Crippen molar-refractivity contribution in [2.75, 3.05) is 0 Å². The van der Waals surface area contributed by atoms with Crippen LogP contribution in [0.25, 0.3) is 22.6 Å². The van der Waals surface area contributed by atoms with Crippen LogP contribution in [0.15, 0.2) is 59.1 Å². The Morgan fingerprint density at radius 2 is 1.52 bits per heavy atom. The highest BCUT2D eigenvalue weighted by atomic mass is 16.5. The highest BCUT2D eigenvalue weighted by molar-refractivity contribution is 5.67. The molecule has 0 N–H and O–H groups in total. The standard InChI is InChI=1S/C18H18N2O/c1-2-3-9-17-19-18(21-20-17)16-12-10-15(11-13-16)14-7-5-4-6-8-14/h4-8,10-13H,2-3,9H2,1H3. The molecule has 0 aliphatic heterocycles. The summed E-state index contributed by atoms with van der Waals surface area (Å²) in [6.07, 6.45) is 3.10. The molecule has 3 heteroatoms. The molecule has 0 unspecified atom stereocenters. The zero-order valence-electron chi connectivity index (χ0n) is 12.1. The van der Waals surface area contributed by atoms with E-state index in [9.17, 15) is 0 Å². The van der Waals surface area contributed by atoms with E-state index in [1.54, 1.807) is 0 Å². The molecule has 2 aromatic carbocycles. The van der Waals surface area contributed by atoms with Crippen molar-refractivity contribution in [2.24, 2.45) is 0 Å². The van der Waals surface area contributed by atoms with Crippen molar-refractivity contribution in [1.82, 2.24) is 10.1 Å². The average molecular weight is 278 g/mol. The zero-order valence-corrected chi connectivity index (χ0v) is 12.1. The van der Waals surface area contributed by atoms with Crippen LogP contribution < -0.4 is 0 Å². The summed E-state index contributed by atoms with van der Waals surface area (Å²) < 4.78 is 5.33. The number of aromatic nitrogens is 2. The van der Waals surface area contributed by atoms with Crippen molar-refractivity contribution in [3.05, 3.63) is 60.4 Å². The van der Waals surface area contributed by atoms with Gasteiger partial charge < -0.3 is 4.52 Å². The molecule has 0 spiro atoms. The van der Waals surface area contributed by atoms with Gasteiger partial charge in [-0.25, -0.2) is 0 Å². The molecule has 0 aliphatic rings. The first kappa shape index (κ1) is 13.6. The Balaban J connectivity index is 1.79. The fourth-order valence-electron chi connectivity index (χ4n) is 2.24. The van der Waals surface area contributed by atoms with Gasteiger partial charge in [-0.1, -0.05) is 61.0 Å². The first-order valence-corrected chi connectivity index (χ1v) is 7.35. The summed E-state index contributed by atoms with van der Waals surface area (Å²) in [7, 11) is 0. The molecule has 0 saturated heterocycles. The topological polar surface area (TPSA) is 38.9 Å². The van der Waals surface area contributed by atoms with Crippen molar-refractivity contribution >= 4 is 0 Å². The summed E-state index contributed by atoms with van der Waals surface area (Å²) in [5, 5.41) is 4.02. The molecule has 0 radical (unpaired) electrons. The Bertz CT molecular complexity index is 687. The van der Waals surface area contributed by atoms with Crippen molar-refractivity contribution in [3.63, 3.8) is 0 Å². The van der Waals surface area contributed by atoms with Gasteiger partial charge in [0, 0.05) is 12.0 Å². The molecule has 3 aromatic rings.